The van der Waals surface area contributed by atoms with Gasteiger partial charge in [-0.1, -0.05) is 0 Å². The fourth-order valence-corrected chi connectivity index (χ4v) is 10.8. The summed E-state index contributed by atoms with van der Waals surface area (Å²) < 4.78 is 2.66. The average molecular weight is 549 g/mol. The smallest absolute Gasteiger partial charge is 1.00 e. The van der Waals surface area contributed by atoms with E-state index in [4.69, 9.17) is 0 Å². The topological polar surface area (TPSA) is 0 Å². The fourth-order valence-electron chi connectivity index (χ4n) is 5.76. The van der Waals surface area contributed by atoms with Crippen LogP contribution >= 0.6 is 0 Å². The van der Waals surface area contributed by atoms with Crippen LogP contribution in [0.5, 0.6) is 0 Å². The van der Waals surface area contributed by atoms with E-state index in [1.165, 1.54) is 31.2 Å². The Bertz CT molecular complexity index is 957. The molecule has 0 aromatic heterocycles. The van der Waals surface area contributed by atoms with Gasteiger partial charge in [-0.05, 0) is 0 Å². The molecule has 1 aromatic carbocycles. The molecule has 0 radical (unpaired) electrons. The fraction of sp³-hybridized carbons (Fsp3) is 0.517. The molecule has 0 fully saturated rings. The number of halogens is 2. The number of hydrogen-bond donors (Lipinski definition) is 0. The number of rotatable bonds is 4. The first kappa shape index (κ1) is 27.9. The van der Waals surface area contributed by atoms with Gasteiger partial charge in [-0.2, -0.15) is 0 Å². The third-order valence-corrected chi connectivity index (χ3v) is 12.9. The van der Waals surface area contributed by atoms with Gasteiger partial charge in [0.1, 0.15) is 0 Å². The maximum atomic E-state index is 2.69. The molecular weight excluding hydrogens is 510 g/mol. The quantitative estimate of drug-likeness (QED) is 0.543. The van der Waals surface area contributed by atoms with Crippen LogP contribution in [0.25, 0.3) is 0 Å². The predicted molar refractivity (Wildman–Crippen MR) is 126 cm³/mol. The van der Waals surface area contributed by atoms with Crippen LogP contribution in [0.4, 0.5) is 0 Å². The normalized spacial score (nSPS) is 25.2. The minimum Gasteiger partial charge on any atom is -1.00 e. The second-order valence-corrected chi connectivity index (χ2v) is 14.4. The van der Waals surface area contributed by atoms with Gasteiger partial charge in [-0.15, -0.1) is 0 Å². The van der Waals surface area contributed by atoms with E-state index in [1.807, 2.05) is 8.85 Å². The van der Waals surface area contributed by atoms with Crippen molar-refractivity contribution >= 4 is 0 Å². The molecule has 1 aromatic rings. The van der Waals surface area contributed by atoms with E-state index in [1.54, 1.807) is 27.9 Å². The molecule has 0 aliphatic heterocycles. The van der Waals surface area contributed by atoms with Gasteiger partial charge < -0.3 is 24.8 Å². The van der Waals surface area contributed by atoms with Crippen molar-refractivity contribution in [2.24, 2.45) is 11.3 Å². The van der Waals surface area contributed by atoms with Crippen molar-refractivity contribution in [2.45, 2.75) is 83.7 Å². The molecule has 3 aliphatic carbocycles. The molecule has 4 rings (SSSR count). The maximum Gasteiger partial charge on any atom is -1.00 e. The maximum absolute atomic E-state index is 2.69. The Kier molecular flexibility index (Phi) is 9.52. The Morgan fingerprint density at radius 2 is 1.62 bits per heavy atom. The summed E-state index contributed by atoms with van der Waals surface area (Å²) in [5.74, 6) is 1.30. The Morgan fingerprint density at radius 3 is 2.19 bits per heavy atom. The molecule has 3 unspecified atom stereocenters. The standard InChI is InChI=1S/C20H25.C9H13.2ClH.Zr/c1-20(2,3)14-15-12-17-10-7-11-18(19(17)13-15)16-8-5-4-6-9-16;1-6-5-7(2)9(4)8(6)3;;;/h4-6,8-9,12-13,18H,7,10-11,14H2,1-3H3;6H,1-4H3;2*1H;/q;;;;+2/p-2. The molecule has 172 valence electrons. The first-order valence-corrected chi connectivity index (χ1v) is 14.5. The van der Waals surface area contributed by atoms with Crippen molar-refractivity contribution in [3.8, 4) is 0 Å². The molecule has 0 heterocycles. The SMILES string of the molecule is CC1=C(C)C(C)[C]([Zr+2][CH]2C(CC(C)(C)C)=CC3=C2CCCC3c2ccccc2)=C1C.[Cl-].[Cl-]. The van der Waals surface area contributed by atoms with Crippen LogP contribution in [-0.2, 0) is 23.2 Å². The van der Waals surface area contributed by atoms with Crippen molar-refractivity contribution in [3.63, 3.8) is 0 Å². The third kappa shape index (κ3) is 5.48. The molecule has 3 aliphatic rings. The molecule has 0 bridgehead atoms. The summed E-state index contributed by atoms with van der Waals surface area (Å²) >= 11 is -0.724. The van der Waals surface area contributed by atoms with E-state index in [-0.39, 0.29) is 24.8 Å². The van der Waals surface area contributed by atoms with E-state index < -0.39 is 23.2 Å². The van der Waals surface area contributed by atoms with Crippen LogP contribution < -0.4 is 24.8 Å². The van der Waals surface area contributed by atoms with Crippen molar-refractivity contribution in [2.75, 3.05) is 0 Å². The van der Waals surface area contributed by atoms with Gasteiger partial charge in [-0.3, -0.25) is 0 Å². The van der Waals surface area contributed by atoms with Crippen LogP contribution in [0.3, 0.4) is 0 Å². The van der Waals surface area contributed by atoms with E-state index in [0.717, 1.165) is 3.63 Å². The van der Waals surface area contributed by atoms with Crippen LogP contribution in [-0.4, -0.2) is 0 Å². The summed E-state index contributed by atoms with van der Waals surface area (Å²) in [6.07, 6.45) is 7.94. The molecule has 0 saturated heterocycles. The van der Waals surface area contributed by atoms with E-state index in [2.05, 4.69) is 84.9 Å². The van der Waals surface area contributed by atoms with Gasteiger partial charge in [0, 0.05) is 0 Å². The summed E-state index contributed by atoms with van der Waals surface area (Å²) in [6.45, 7) is 16.8. The molecule has 3 atom stereocenters. The van der Waals surface area contributed by atoms with Gasteiger partial charge in [-0.25, -0.2) is 0 Å². The zero-order valence-electron chi connectivity index (χ0n) is 20.8. The molecule has 0 amide bonds. The van der Waals surface area contributed by atoms with Crippen LogP contribution in [0.1, 0.15) is 85.6 Å². The van der Waals surface area contributed by atoms with E-state index in [0.29, 0.717) is 17.3 Å². The van der Waals surface area contributed by atoms with Crippen molar-refractivity contribution in [1.82, 2.24) is 0 Å². The van der Waals surface area contributed by atoms with Crippen LogP contribution in [0.2, 0.25) is 3.63 Å². The molecule has 0 nitrogen and oxygen atoms in total. The second kappa shape index (κ2) is 10.9. The molecule has 32 heavy (non-hydrogen) atoms. The van der Waals surface area contributed by atoms with Gasteiger partial charge in [0.05, 0.1) is 0 Å². The molecule has 3 heteroatoms. The van der Waals surface area contributed by atoms with Gasteiger partial charge in [0.15, 0.2) is 0 Å². The molecule has 0 N–H and O–H groups in total. The van der Waals surface area contributed by atoms with Crippen molar-refractivity contribution in [3.05, 3.63) is 78.7 Å². The summed E-state index contributed by atoms with van der Waals surface area (Å²) in [7, 11) is 0. The summed E-state index contributed by atoms with van der Waals surface area (Å²) in [6, 6.07) is 11.3. The van der Waals surface area contributed by atoms with Crippen molar-refractivity contribution < 1.29 is 48.0 Å². The van der Waals surface area contributed by atoms with Crippen molar-refractivity contribution in [1.29, 1.82) is 0 Å². The second-order valence-electron chi connectivity index (χ2n) is 10.9. The monoisotopic (exact) mass is 546 g/mol. The predicted octanol–water partition coefficient (Wildman–Crippen LogP) is 2.77. The van der Waals surface area contributed by atoms with E-state index in [9.17, 15) is 0 Å². The minimum atomic E-state index is -0.724. The largest absolute Gasteiger partial charge is 1.00 e. The first-order chi connectivity index (χ1) is 14.2. The number of benzene rings is 1. The zero-order valence-corrected chi connectivity index (χ0v) is 24.8. The Hall–Kier alpha value is -0.357. The summed E-state index contributed by atoms with van der Waals surface area (Å²) in [5, 5.41) is 0. The summed E-state index contributed by atoms with van der Waals surface area (Å²) in [5.41, 5.74) is 12.1. The Labute approximate surface area is 220 Å². The molecule has 0 spiro atoms. The van der Waals surface area contributed by atoms with Gasteiger partial charge in [0.25, 0.3) is 0 Å². The van der Waals surface area contributed by atoms with Crippen LogP contribution in [0.15, 0.2) is 73.1 Å². The third-order valence-electron chi connectivity index (χ3n) is 7.62. The average Bonchev–Trinajstić information content (AvgIpc) is 3.13. The number of hydrogen-bond acceptors (Lipinski definition) is 0. The Balaban J connectivity index is 0.00000181. The zero-order chi connectivity index (χ0) is 21.6. The minimum absolute atomic E-state index is 0. The summed E-state index contributed by atoms with van der Waals surface area (Å²) in [4.78, 5) is 0. The first-order valence-electron chi connectivity index (χ1n) is 11.8. The van der Waals surface area contributed by atoms with Gasteiger partial charge in [0.2, 0.25) is 0 Å². The van der Waals surface area contributed by atoms with E-state index >= 15 is 0 Å². The van der Waals surface area contributed by atoms with Crippen LogP contribution in [0, 0.1) is 11.3 Å². The number of allylic oxidation sites excluding steroid dienone is 8. The molecule has 0 saturated carbocycles. The molecular formula is C29H38Cl2Zr. The van der Waals surface area contributed by atoms with Gasteiger partial charge >= 0.3 is 197 Å². The Morgan fingerprint density at radius 1 is 0.969 bits per heavy atom.